The van der Waals surface area contributed by atoms with Crippen molar-refractivity contribution in [3.63, 3.8) is 0 Å². The number of hydrogen-bond acceptors (Lipinski definition) is 3. The molecule has 1 fully saturated rings. The van der Waals surface area contributed by atoms with E-state index in [0.717, 1.165) is 34.2 Å². The van der Waals surface area contributed by atoms with Crippen LogP contribution in [-0.2, 0) is 0 Å². The van der Waals surface area contributed by atoms with Crippen LogP contribution < -0.4 is 5.32 Å². The van der Waals surface area contributed by atoms with Gasteiger partial charge in [-0.3, -0.25) is 4.90 Å². The molecule has 0 aliphatic carbocycles. The molecule has 1 saturated heterocycles. The second kappa shape index (κ2) is 8.00. The lowest BCUT2D eigenvalue weighted by molar-refractivity contribution is 0.163. The fourth-order valence-electron chi connectivity index (χ4n) is 2.98. The Morgan fingerprint density at radius 2 is 2.30 bits per heavy atom. The first-order chi connectivity index (χ1) is 9.61. The van der Waals surface area contributed by atoms with Crippen molar-refractivity contribution in [2.24, 2.45) is 5.92 Å². The van der Waals surface area contributed by atoms with Crippen LogP contribution in [0.5, 0.6) is 0 Å². The van der Waals surface area contributed by atoms with Gasteiger partial charge in [0.25, 0.3) is 0 Å². The molecule has 0 spiro atoms. The van der Waals surface area contributed by atoms with E-state index in [2.05, 4.69) is 24.1 Å². The summed E-state index contributed by atoms with van der Waals surface area (Å²) in [6.45, 7) is 9.06. The third kappa shape index (κ3) is 4.35. The molecule has 2 unspecified atom stereocenters. The first-order valence-electron chi connectivity index (χ1n) is 7.51. The topological polar surface area (TPSA) is 15.3 Å². The minimum atomic E-state index is 0.341. The van der Waals surface area contributed by atoms with Crippen molar-refractivity contribution in [2.75, 3.05) is 26.2 Å². The van der Waals surface area contributed by atoms with Crippen molar-refractivity contribution in [3.05, 3.63) is 20.3 Å². The van der Waals surface area contributed by atoms with Crippen LogP contribution in [0.4, 0.5) is 0 Å². The van der Waals surface area contributed by atoms with E-state index in [9.17, 15) is 0 Å². The van der Waals surface area contributed by atoms with Gasteiger partial charge in [-0.2, -0.15) is 0 Å². The third-order valence-corrected chi connectivity index (χ3v) is 5.60. The smallest absolute Gasteiger partial charge is 0.0991 e. The molecule has 2 nitrogen and oxygen atoms in total. The molecule has 0 aromatic carbocycles. The van der Waals surface area contributed by atoms with Gasteiger partial charge in [0.2, 0.25) is 0 Å². The van der Waals surface area contributed by atoms with Gasteiger partial charge in [-0.1, -0.05) is 30.1 Å². The highest BCUT2D eigenvalue weighted by Gasteiger charge is 2.23. The van der Waals surface area contributed by atoms with Crippen molar-refractivity contribution in [3.8, 4) is 0 Å². The summed E-state index contributed by atoms with van der Waals surface area (Å²) in [7, 11) is 0. The normalized spacial score (nSPS) is 21.4. The Kier molecular flexibility index (Phi) is 6.63. The highest BCUT2D eigenvalue weighted by molar-refractivity contribution is 7.20. The number of nitrogens with zero attached hydrogens (tertiary/aromatic N) is 1. The zero-order valence-corrected chi connectivity index (χ0v) is 14.6. The average molecular weight is 335 g/mol. The zero-order chi connectivity index (χ0) is 14.5. The Morgan fingerprint density at radius 1 is 1.50 bits per heavy atom. The number of thiophene rings is 1. The molecule has 1 aromatic rings. The van der Waals surface area contributed by atoms with Crippen molar-refractivity contribution in [1.29, 1.82) is 0 Å². The van der Waals surface area contributed by atoms with Crippen LogP contribution in [0.3, 0.4) is 0 Å². The molecule has 1 aromatic heterocycles. The number of nitrogens with one attached hydrogen (secondary N) is 1. The van der Waals surface area contributed by atoms with Gasteiger partial charge >= 0.3 is 0 Å². The van der Waals surface area contributed by atoms with Crippen LogP contribution in [0.25, 0.3) is 0 Å². The van der Waals surface area contributed by atoms with E-state index < -0.39 is 0 Å². The molecule has 5 heteroatoms. The quantitative estimate of drug-likeness (QED) is 0.801. The highest BCUT2D eigenvalue weighted by Crippen LogP contribution is 2.37. The first kappa shape index (κ1) is 16.6. The maximum Gasteiger partial charge on any atom is 0.0991 e. The van der Waals surface area contributed by atoms with Gasteiger partial charge in [-0.05, 0) is 57.8 Å². The standard InChI is InChI=1S/C15H24Cl2N2S/c1-3-7-19(10-12-5-4-6-18-9-12)11(2)13-8-14(16)20-15(13)17/h8,11-12,18H,3-7,9-10H2,1-2H3. The van der Waals surface area contributed by atoms with Crippen LogP contribution in [0, 0.1) is 5.92 Å². The molecule has 2 rings (SSSR count). The third-order valence-electron chi connectivity index (χ3n) is 4.08. The largest absolute Gasteiger partial charge is 0.316 e. The molecular weight excluding hydrogens is 311 g/mol. The summed E-state index contributed by atoms with van der Waals surface area (Å²) in [5.41, 5.74) is 1.18. The minimum Gasteiger partial charge on any atom is -0.316 e. The van der Waals surface area contributed by atoms with Gasteiger partial charge in [0.15, 0.2) is 0 Å². The molecular formula is C15H24Cl2N2S. The van der Waals surface area contributed by atoms with E-state index in [1.54, 1.807) is 0 Å². The van der Waals surface area contributed by atoms with Crippen LogP contribution in [0.15, 0.2) is 6.07 Å². The molecule has 1 aliphatic rings. The molecule has 0 amide bonds. The molecule has 0 bridgehead atoms. The fourth-order valence-corrected chi connectivity index (χ4v) is 4.61. The summed E-state index contributed by atoms with van der Waals surface area (Å²) >= 11 is 13.9. The van der Waals surface area contributed by atoms with E-state index in [0.29, 0.717) is 6.04 Å². The van der Waals surface area contributed by atoms with Crippen LogP contribution in [0.2, 0.25) is 8.67 Å². The predicted molar refractivity (Wildman–Crippen MR) is 90.2 cm³/mol. The molecule has 1 aliphatic heterocycles. The minimum absolute atomic E-state index is 0.341. The number of halogens is 2. The lowest BCUT2D eigenvalue weighted by Crippen LogP contribution is -2.39. The van der Waals surface area contributed by atoms with Gasteiger partial charge < -0.3 is 5.32 Å². The van der Waals surface area contributed by atoms with Crippen molar-refractivity contribution in [2.45, 2.75) is 39.2 Å². The van der Waals surface area contributed by atoms with Gasteiger partial charge in [-0.15, -0.1) is 11.3 Å². The SMILES string of the molecule is CCCN(CC1CCCNC1)C(C)c1cc(Cl)sc1Cl. The van der Waals surface area contributed by atoms with E-state index in [1.807, 2.05) is 6.07 Å². The summed E-state index contributed by atoms with van der Waals surface area (Å²) in [5.74, 6) is 0.755. The number of rotatable bonds is 6. The fraction of sp³-hybridized carbons (Fsp3) is 0.733. The molecule has 0 saturated carbocycles. The van der Waals surface area contributed by atoms with Gasteiger partial charge in [0.1, 0.15) is 0 Å². The van der Waals surface area contributed by atoms with Gasteiger partial charge in [-0.25, -0.2) is 0 Å². The Labute approximate surface area is 136 Å². The van der Waals surface area contributed by atoms with Gasteiger partial charge in [0.05, 0.1) is 8.67 Å². The molecule has 2 atom stereocenters. The maximum atomic E-state index is 6.32. The van der Waals surface area contributed by atoms with E-state index in [1.165, 1.54) is 42.7 Å². The second-order valence-corrected chi connectivity index (χ2v) is 7.95. The van der Waals surface area contributed by atoms with Crippen LogP contribution in [0.1, 0.15) is 44.7 Å². The summed E-state index contributed by atoms with van der Waals surface area (Å²) in [5, 5.41) is 3.50. The predicted octanol–water partition coefficient (Wildman–Crippen LogP) is 4.83. The summed E-state index contributed by atoms with van der Waals surface area (Å²) in [6.07, 6.45) is 3.79. The van der Waals surface area contributed by atoms with E-state index in [4.69, 9.17) is 23.2 Å². The number of hydrogen-bond donors (Lipinski definition) is 1. The van der Waals surface area contributed by atoms with Crippen molar-refractivity contribution < 1.29 is 0 Å². The Hall–Kier alpha value is 0.200. The average Bonchev–Trinajstić information content (AvgIpc) is 2.77. The Morgan fingerprint density at radius 3 is 2.85 bits per heavy atom. The second-order valence-electron chi connectivity index (χ2n) is 5.66. The molecule has 2 heterocycles. The first-order valence-corrected chi connectivity index (χ1v) is 9.08. The Bertz CT molecular complexity index is 416. The van der Waals surface area contributed by atoms with E-state index in [-0.39, 0.29) is 0 Å². The maximum absolute atomic E-state index is 6.32. The lowest BCUT2D eigenvalue weighted by atomic mass is 9.97. The molecule has 20 heavy (non-hydrogen) atoms. The molecule has 1 N–H and O–H groups in total. The number of piperidine rings is 1. The van der Waals surface area contributed by atoms with Crippen LogP contribution in [-0.4, -0.2) is 31.1 Å². The summed E-state index contributed by atoms with van der Waals surface area (Å²) in [4.78, 5) is 2.56. The van der Waals surface area contributed by atoms with Crippen molar-refractivity contribution >= 4 is 34.5 Å². The van der Waals surface area contributed by atoms with E-state index >= 15 is 0 Å². The van der Waals surface area contributed by atoms with Crippen molar-refractivity contribution in [1.82, 2.24) is 10.2 Å². The monoisotopic (exact) mass is 334 g/mol. The van der Waals surface area contributed by atoms with Gasteiger partial charge in [0, 0.05) is 18.2 Å². The molecule has 114 valence electrons. The van der Waals surface area contributed by atoms with Crippen LogP contribution >= 0.6 is 34.5 Å². The Balaban J connectivity index is 2.04. The highest BCUT2D eigenvalue weighted by atomic mass is 35.5. The molecule has 0 radical (unpaired) electrons. The zero-order valence-electron chi connectivity index (χ0n) is 12.3. The summed E-state index contributed by atoms with van der Waals surface area (Å²) in [6, 6.07) is 2.37. The lowest BCUT2D eigenvalue weighted by Gasteiger charge is -2.34. The summed E-state index contributed by atoms with van der Waals surface area (Å²) < 4.78 is 1.62.